The minimum atomic E-state index is 0.338. The summed E-state index contributed by atoms with van der Waals surface area (Å²) < 4.78 is 0. The molecule has 1 aromatic carbocycles. The van der Waals surface area contributed by atoms with Crippen molar-refractivity contribution in [2.24, 2.45) is 0 Å². The molecule has 14 heavy (non-hydrogen) atoms. The van der Waals surface area contributed by atoms with Crippen molar-refractivity contribution in [3.63, 3.8) is 0 Å². The maximum atomic E-state index is 10.6. The van der Waals surface area contributed by atoms with Gasteiger partial charge in [0.2, 0.25) is 6.41 Å². The molecule has 0 spiro atoms. The van der Waals surface area contributed by atoms with Gasteiger partial charge in [-0.2, -0.15) is 0 Å². The van der Waals surface area contributed by atoms with Gasteiger partial charge in [0.1, 0.15) is 0 Å². The molecule has 0 saturated heterocycles. The summed E-state index contributed by atoms with van der Waals surface area (Å²) in [7, 11) is 0. The summed E-state index contributed by atoms with van der Waals surface area (Å²) in [6, 6.07) is 4.82. The van der Waals surface area contributed by atoms with E-state index < -0.39 is 0 Å². The van der Waals surface area contributed by atoms with Gasteiger partial charge < -0.3 is 5.32 Å². The molecular weight excluding hydrogens is 182 g/mol. The third-order valence-electron chi connectivity index (χ3n) is 1.79. The molecule has 1 rings (SSSR count). The molecule has 4 nitrogen and oxygen atoms in total. The molecule has 1 aromatic rings. The Morgan fingerprint density at radius 1 is 1.07 bits per heavy atom. The maximum absolute atomic E-state index is 10.6. The van der Waals surface area contributed by atoms with Crippen LogP contribution in [0, 0.1) is 0 Å². The molecule has 1 N–H and O–H groups in total. The lowest BCUT2D eigenvalue weighted by Crippen LogP contribution is -2.10. The quantitative estimate of drug-likeness (QED) is 0.691. The van der Waals surface area contributed by atoms with E-state index >= 15 is 0 Å². The Labute approximate surface area is 80.9 Å². The molecule has 0 heterocycles. The highest BCUT2D eigenvalue weighted by atomic mass is 16.1. The Morgan fingerprint density at radius 2 is 1.79 bits per heavy atom. The van der Waals surface area contributed by atoms with Crippen LogP contribution in [0.2, 0.25) is 0 Å². The van der Waals surface area contributed by atoms with Crippen LogP contribution in [0.25, 0.3) is 0 Å². The van der Waals surface area contributed by atoms with E-state index in [2.05, 4.69) is 5.32 Å². The number of nitrogens with one attached hydrogen (secondary N) is 1. The Kier molecular flexibility index (Phi) is 3.55. The molecule has 4 heteroatoms. The second kappa shape index (κ2) is 4.91. The van der Waals surface area contributed by atoms with Gasteiger partial charge in [-0.05, 0) is 11.6 Å². The van der Waals surface area contributed by atoms with Crippen molar-refractivity contribution >= 4 is 19.0 Å². The highest BCUT2D eigenvalue weighted by Gasteiger charge is 2.01. The zero-order valence-corrected chi connectivity index (χ0v) is 7.40. The first-order valence-corrected chi connectivity index (χ1v) is 4.02. The van der Waals surface area contributed by atoms with Gasteiger partial charge in [-0.15, -0.1) is 0 Å². The number of rotatable bonds is 5. The molecule has 0 aromatic heterocycles. The van der Waals surface area contributed by atoms with Crippen molar-refractivity contribution < 1.29 is 14.4 Å². The fourth-order valence-corrected chi connectivity index (χ4v) is 1.10. The smallest absolute Gasteiger partial charge is 0.207 e. The summed E-state index contributed by atoms with van der Waals surface area (Å²) in [5.74, 6) is 0. The Hall–Kier alpha value is -1.97. The van der Waals surface area contributed by atoms with E-state index in [1.54, 1.807) is 18.2 Å². The van der Waals surface area contributed by atoms with Gasteiger partial charge in [0.15, 0.2) is 12.6 Å². The second-order valence-corrected chi connectivity index (χ2v) is 2.70. The van der Waals surface area contributed by atoms with Gasteiger partial charge in [-0.3, -0.25) is 14.4 Å². The van der Waals surface area contributed by atoms with Crippen molar-refractivity contribution in [2.45, 2.75) is 6.54 Å². The summed E-state index contributed by atoms with van der Waals surface area (Å²) in [6.07, 6.45) is 1.82. The van der Waals surface area contributed by atoms with Crippen LogP contribution in [-0.4, -0.2) is 19.0 Å². The molecular formula is C10H9NO3. The molecule has 72 valence electrons. The van der Waals surface area contributed by atoms with E-state index in [1.807, 2.05) is 0 Å². The predicted molar refractivity (Wildman–Crippen MR) is 50.1 cm³/mol. The number of carbonyl (C=O) groups is 3. The summed E-state index contributed by atoms with van der Waals surface area (Å²) in [4.78, 5) is 31.1. The van der Waals surface area contributed by atoms with E-state index in [0.29, 0.717) is 36.7 Å². The van der Waals surface area contributed by atoms with Crippen LogP contribution in [0.1, 0.15) is 26.3 Å². The van der Waals surface area contributed by atoms with E-state index in [1.165, 1.54) is 0 Å². The third kappa shape index (κ3) is 2.26. The van der Waals surface area contributed by atoms with Crippen LogP contribution in [0.15, 0.2) is 18.2 Å². The Morgan fingerprint density at radius 3 is 2.36 bits per heavy atom. The highest BCUT2D eigenvalue weighted by Crippen LogP contribution is 2.08. The topological polar surface area (TPSA) is 63.2 Å². The van der Waals surface area contributed by atoms with Crippen molar-refractivity contribution in [2.75, 3.05) is 0 Å². The van der Waals surface area contributed by atoms with Gasteiger partial charge in [0.05, 0.1) is 0 Å². The average molecular weight is 191 g/mol. The fraction of sp³-hybridized carbons (Fsp3) is 0.100. The van der Waals surface area contributed by atoms with Crippen LogP contribution < -0.4 is 5.32 Å². The maximum Gasteiger partial charge on any atom is 0.207 e. The lowest BCUT2D eigenvalue weighted by atomic mass is 10.1. The Balaban J connectivity index is 2.94. The molecule has 1 amide bonds. The van der Waals surface area contributed by atoms with Crippen molar-refractivity contribution in [3.8, 4) is 0 Å². The first-order chi connectivity index (χ1) is 6.81. The van der Waals surface area contributed by atoms with Gasteiger partial charge in [-0.1, -0.05) is 12.1 Å². The van der Waals surface area contributed by atoms with Gasteiger partial charge in [0, 0.05) is 17.7 Å². The second-order valence-electron chi connectivity index (χ2n) is 2.70. The summed E-state index contributed by atoms with van der Waals surface area (Å²) in [5.41, 5.74) is 1.48. The van der Waals surface area contributed by atoms with E-state index in [9.17, 15) is 14.4 Å². The number of amides is 1. The van der Waals surface area contributed by atoms with Crippen LogP contribution >= 0.6 is 0 Å². The monoisotopic (exact) mass is 191 g/mol. The fourth-order valence-electron chi connectivity index (χ4n) is 1.10. The van der Waals surface area contributed by atoms with Gasteiger partial charge in [0.25, 0.3) is 0 Å². The van der Waals surface area contributed by atoms with Crippen LogP contribution in [-0.2, 0) is 11.3 Å². The SMILES string of the molecule is O=CNCc1ccc(C=O)c(C=O)c1. The first kappa shape index (κ1) is 10.1. The average Bonchev–Trinajstić information content (AvgIpc) is 2.25. The highest BCUT2D eigenvalue weighted by molar-refractivity contribution is 5.90. The van der Waals surface area contributed by atoms with E-state index in [0.717, 1.165) is 5.56 Å². The normalized spacial score (nSPS) is 9.14. The number of aldehydes is 2. The number of hydrogen-bond acceptors (Lipinski definition) is 3. The lowest BCUT2D eigenvalue weighted by molar-refractivity contribution is -0.109. The minimum Gasteiger partial charge on any atom is -0.355 e. The molecule has 0 radical (unpaired) electrons. The van der Waals surface area contributed by atoms with Gasteiger partial charge >= 0.3 is 0 Å². The summed E-state index contributed by atoms with van der Waals surface area (Å²) >= 11 is 0. The molecule has 0 atom stereocenters. The number of benzene rings is 1. The van der Waals surface area contributed by atoms with Gasteiger partial charge in [-0.25, -0.2) is 0 Å². The number of carbonyl (C=O) groups excluding carboxylic acids is 3. The van der Waals surface area contributed by atoms with E-state index in [-0.39, 0.29) is 0 Å². The third-order valence-corrected chi connectivity index (χ3v) is 1.79. The van der Waals surface area contributed by atoms with Crippen LogP contribution in [0.5, 0.6) is 0 Å². The molecule has 0 bridgehead atoms. The molecule has 0 aliphatic carbocycles. The largest absolute Gasteiger partial charge is 0.355 e. The minimum absolute atomic E-state index is 0.338. The predicted octanol–water partition coefficient (Wildman–Crippen LogP) is 0.558. The molecule has 0 unspecified atom stereocenters. The lowest BCUT2D eigenvalue weighted by Gasteiger charge is -2.02. The molecule has 0 aliphatic rings. The number of hydrogen-bond donors (Lipinski definition) is 1. The van der Waals surface area contributed by atoms with Crippen molar-refractivity contribution in [1.29, 1.82) is 0 Å². The van der Waals surface area contributed by atoms with E-state index in [4.69, 9.17) is 0 Å². The van der Waals surface area contributed by atoms with Crippen LogP contribution in [0.4, 0.5) is 0 Å². The molecule has 0 aliphatic heterocycles. The summed E-state index contributed by atoms with van der Waals surface area (Å²) in [5, 5.41) is 2.47. The zero-order chi connectivity index (χ0) is 10.4. The molecule has 0 saturated carbocycles. The first-order valence-electron chi connectivity index (χ1n) is 4.02. The zero-order valence-electron chi connectivity index (χ0n) is 7.40. The summed E-state index contributed by atoms with van der Waals surface area (Å²) in [6.45, 7) is 0.351. The Bertz CT molecular complexity index is 360. The molecule has 0 fully saturated rings. The van der Waals surface area contributed by atoms with Crippen molar-refractivity contribution in [1.82, 2.24) is 5.32 Å². The van der Waals surface area contributed by atoms with Crippen molar-refractivity contribution in [3.05, 3.63) is 34.9 Å². The standard InChI is InChI=1S/C10H9NO3/c12-5-9-2-1-8(4-11-7-14)3-10(9)6-13/h1-3,5-7H,4H2,(H,11,14). The van der Waals surface area contributed by atoms with Crippen LogP contribution in [0.3, 0.4) is 0 Å².